The Morgan fingerprint density at radius 3 is 1.89 bits per heavy atom. The predicted octanol–water partition coefficient (Wildman–Crippen LogP) is 9.08. The summed E-state index contributed by atoms with van der Waals surface area (Å²) in [4.78, 5) is 12.7. The molecule has 188 valence electrons. The second-order valence-corrected chi connectivity index (χ2v) is 9.58. The van der Waals surface area contributed by atoms with Crippen molar-refractivity contribution in [2.75, 3.05) is 0 Å². The van der Waals surface area contributed by atoms with E-state index in [1.807, 2.05) is 24.3 Å². The molecule has 0 saturated carbocycles. The zero-order valence-corrected chi connectivity index (χ0v) is 21.9. The van der Waals surface area contributed by atoms with Gasteiger partial charge in [-0.2, -0.15) is 5.26 Å². The van der Waals surface area contributed by atoms with Gasteiger partial charge < -0.3 is 4.74 Å². The van der Waals surface area contributed by atoms with E-state index >= 15 is 0 Å². The monoisotopic (exact) mass is 481 g/mol. The fourth-order valence-corrected chi connectivity index (χ4v) is 4.40. The maximum atomic E-state index is 12.7. The van der Waals surface area contributed by atoms with Crippen LogP contribution in [0.2, 0.25) is 0 Å². The Balaban J connectivity index is 1.55. The molecule has 3 aromatic carbocycles. The van der Waals surface area contributed by atoms with Crippen molar-refractivity contribution >= 4 is 5.97 Å². The molecular weight excluding hydrogens is 442 g/mol. The fraction of sp³-hybridized carbons (Fsp3) is 0.394. The quantitative estimate of drug-likeness (QED) is 0.131. The van der Waals surface area contributed by atoms with Crippen LogP contribution in [0.3, 0.4) is 0 Å². The Morgan fingerprint density at radius 2 is 1.25 bits per heavy atom. The Bertz CT molecular complexity index is 1120. The molecule has 0 N–H and O–H groups in total. The van der Waals surface area contributed by atoms with E-state index in [9.17, 15) is 10.1 Å². The van der Waals surface area contributed by atoms with Crippen LogP contribution in [-0.4, -0.2) is 5.97 Å². The van der Waals surface area contributed by atoms with Crippen LogP contribution in [0.4, 0.5) is 0 Å². The van der Waals surface area contributed by atoms with Crippen LogP contribution in [-0.2, 0) is 12.8 Å². The summed E-state index contributed by atoms with van der Waals surface area (Å²) in [5, 5.41) is 9.61. The van der Waals surface area contributed by atoms with Crippen molar-refractivity contribution in [1.82, 2.24) is 0 Å². The lowest BCUT2D eigenvalue weighted by Crippen LogP contribution is -2.09. The molecule has 0 saturated heterocycles. The van der Waals surface area contributed by atoms with E-state index < -0.39 is 5.97 Å². The Hall–Kier alpha value is -3.38. The van der Waals surface area contributed by atoms with Crippen molar-refractivity contribution in [2.24, 2.45) is 0 Å². The van der Waals surface area contributed by atoms with Gasteiger partial charge in [0.1, 0.15) is 11.8 Å². The molecule has 0 spiro atoms. The third kappa shape index (κ3) is 8.38. The van der Waals surface area contributed by atoms with Gasteiger partial charge in [0.25, 0.3) is 0 Å². The number of nitrogens with zero attached hydrogens (tertiary/aromatic N) is 1. The van der Waals surface area contributed by atoms with Crippen LogP contribution < -0.4 is 4.74 Å². The van der Waals surface area contributed by atoms with Crippen molar-refractivity contribution in [3.8, 4) is 22.9 Å². The molecule has 3 nitrogen and oxygen atoms in total. The van der Waals surface area contributed by atoms with Crippen LogP contribution in [0, 0.1) is 11.3 Å². The molecule has 0 atom stereocenters. The van der Waals surface area contributed by atoms with E-state index in [2.05, 4.69) is 44.2 Å². The number of benzene rings is 3. The molecule has 3 aromatic rings. The number of nitriles is 1. The van der Waals surface area contributed by atoms with Gasteiger partial charge in [-0.3, -0.25) is 0 Å². The Kier molecular flexibility index (Phi) is 11.3. The molecule has 0 radical (unpaired) electrons. The van der Waals surface area contributed by atoms with Crippen LogP contribution in [0.25, 0.3) is 11.1 Å². The van der Waals surface area contributed by atoms with Crippen molar-refractivity contribution in [3.63, 3.8) is 0 Å². The number of ether oxygens (including phenoxy) is 1. The zero-order chi connectivity index (χ0) is 25.6. The van der Waals surface area contributed by atoms with E-state index in [1.165, 1.54) is 56.9 Å². The normalized spacial score (nSPS) is 10.7. The number of carbonyl (C=O) groups is 1. The topological polar surface area (TPSA) is 50.1 Å². The summed E-state index contributed by atoms with van der Waals surface area (Å²) in [7, 11) is 0. The molecule has 0 aliphatic heterocycles. The summed E-state index contributed by atoms with van der Waals surface area (Å²) < 4.78 is 5.60. The maximum Gasteiger partial charge on any atom is 0.343 e. The van der Waals surface area contributed by atoms with Gasteiger partial charge in [-0.1, -0.05) is 101 Å². The molecule has 0 amide bonds. The van der Waals surface area contributed by atoms with Crippen molar-refractivity contribution in [2.45, 2.75) is 84.5 Å². The number of hydrogen-bond donors (Lipinski definition) is 0. The summed E-state index contributed by atoms with van der Waals surface area (Å²) in [5.74, 6) is -0.134. The van der Waals surface area contributed by atoms with Crippen LogP contribution in [0.1, 0.15) is 98.7 Å². The lowest BCUT2D eigenvalue weighted by molar-refractivity contribution is 0.0734. The van der Waals surface area contributed by atoms with Crippen LogP contribution >= 0.6 is 0 Å². The van der Waals surface area contributed by atoms with Gasteiger partial charge in [0.2, 0.25) is 0 Å². The number of aryl methyl sites for hydroxylation is 2. The Labute approximate surface area is 217 Å². The summed E-state index contributed by atoms with van der Waals surface area (Å²) in [6, 6.07) is 23.8. The van der Waals surface area contributed by atoms with Gasteiger partial charge in [-0.15, -0.1) is 0 Å². The van der Waals surface area contributed by atoms with Gasteiger partial charge in [-0.05, 0) is 72.2 Å². The number of carbonyl (C=O) groups excluding carboxylic acids is 1. The van der Waals surface area contributed by atoms with Gasteiger partial charge in [0, 0.05) is 0 Å². The van der Waals surface area contributed by atoms with Gasteiger partial charge >= 0.3 is 5.97 Å². The summed E-state index contributed by atoms with van der Waals surface area (Å²) >= 11 is 0. The second kappa shape index (κ2) is 14.9. The first kappa shape index (κ1) is 27.2. The molecule has 3 rings (SSSR count). The van der Waals surface area contributed by atoms with Crippen molar-refractivity contribution in [1.29, 1.82) is 5.26 Å². The Morgan fingerprint density at radius 1 is 0.694 bits per heavy atom. The van der Waals surface area contributed by atoms with Crippen LogP contribution in [0.15, 0.2) is 66.7 Å². The molecule has 0 aliphatic carbocycles. The number of esters is 1. The van der Waals surface area contributed by atoms with Gasteiger partial charge in [-0.25, -0.2) is 4.79 Å². The lowest BCUT2D eigenvalue weighted by Gasteiger charge is -2.09. The average molecular weight is 482 g/mol. The minimum atomic E-state index is -0.451. The van der Waals surface area contributed by atoms with Crippen LogP contribution in [0.5, 0.6) is 5.75 Å². The predicted molar refractivity (Wildman–Crippen MR) is 148 cm³/mol. The number of unbranched alkanes of at least 4 members (excludes halogenated alkanes) is 7. The second-order valence-electron chi connectivity index (χ2n) is 9.58. The molecule has 36 heavy (non-hydrogen) atoms. The van der Waals surface area contributed by atoms with E-state index in [1.54, 1.807) is 18.2 Å². The first-order valence-corrected chi connectivity index (χ1v) is 13.6. The van der Waals surface area contributed by atoms with Gasteiger partial charge in [0.15, 0.2) is 0 Å². The molecule has 3 heteroatoms. The number of rotatable bonds is 14. The first-order chi connectivity index (χ1) is 17.6. The first-order valence-electron chi connectivity index (χ1n) is 13.6. The standard InChI is InChI=1S/C33H39NO2/c1-3-5-7-8-9-10-11-13-27-16-23-32(31(24-27)25-34)36-33(35)30-21-19-29(20-22-30)28-17-14-26(15-18-28)12-6-4-2/h14-24H,3-13H2,1-2H3. The molecule has 0 heterocycles. The lowest BCUT2D eigenvalue weighted by atomic mass is 10.0. The molecule has 0 unspecified atom stereocenters. The van der Waals surface area contributed by atoms with E-state index in [0.29, 0.717) is 16.9 Å². The van der Waals surface area contributed by atoms with E-state index in [-0.39, 0.29) is 0 Å². The number of hydrogen-bond acceptors (Lipinski definition) is 3. The largest absolute Gasteiger partial charge is 0.422 e. The van der Waals surface area contributed by atoms with Crippen molar-refractivity contribution in [3.05, 3.63) is 89.0 Å². The maximum absolute atomic E-state index is 12.7. The minimum Gasteiger partial charge on any atom is -0.422 e. The minimum absolute atomic E-state index is 0.317. The third-order valence-corrected chi connectivity index (χ3v) is 6.66. The van der Waals surface area contributed by atoms with Crippen molar-refractivity contribution < 1.29 is 9.53 Å². The molecule has 0 aromatic heterocycles. The molecule has 0 bridgehead atoms. The third-order valence-electron chi connectivity index (χ3n) is 6.66. The highest BCUT2D eigenvalue weighted by Crippen LogP contribution is 2.24. The highest BCUT2D eigenvalue weighted by molar-refractivity contribution is 5.92. The summed E-state index contributed by atoms with van der Waals surface area (Å²) in [6.45, 7) is 4.44. The molecular formula is C33H39NO2. The highest BCUT2D eigenvalue weighted by Gasteiger charge is 2.13. The zero-order valence-electron chi connectivity index (χ0n) is 21.9. The summed E-state index contributed by atoms with van der Waals surface area (Å²) in [5.41, 5.74) is 5.52. The highest BCUT2D eigenvalue weighted by atomic mass is 16.5. The SMILES string of the molecule is CCCCCCCCCc1ccc(OC(=O)c2ccc(-c3ccc(CCCC)cc3)cc2)c(C#N)c1. The van der Waals surface area contributed by atoms with E-state index in [0.717, 1.165) is 36.0 Å². The molecule has 0 fully saturated rings. The van der Waals surface area contributed by atoms with Gasteiger partial charge in [0.05, 0.1) is 11.1 Å². The smallest absolute Gasteiger partial charge is 0.343 e. The average Bonchev–Trinajstić information content (AvgIpc) is 2.92. The van der Waals surface area contributed by atoms with E-state index in [4.69, 9.17) is 4.74 Å². The summed E-state index contributed by atoms with van der Waals surface area (Å²) in [6.07, 6.45) is 13.3. The molecule has 0 aliphatic rings. The fourth-order valence-electron chi connectivity index (χ4n) is 4.40.